The van der Waals surface area contributed by atoms with Crippen LogP contribution in [-0.2, 0) is 4.74 Å². The van der Waals surface area contributed by atoms with Crippen LogP contribution in [-0.4, -0.2) is 17.6 Å². The van der Waals surface area contributed by atoms with Crippen molar-refractivity contribution in [3.8, 4) is 6.07 Å². The highest BCUT2D eigenvalue weighted by atomic mass is 35.5. The zero-order valence-electron chi connectivity index (χ0n) is 10.5. The summed E-state index contributed by atoms with van der Waals surface area (Å²) < 4.78 is 4.86. The summed E-state index contributed by atoms with van der Waals surface area (Å²) in [5.74, 6) is -0.449. The van der Waals surface area contributed by atoms with Crippen molar-refractivity contribution in [1.82, 2.24) is 4.98 Å². The van der Waals surface area contributed by atoms with E-state index in [0.29, 0.717) is 28.0 Å². The number of nitrogens with one attached hydrogen (secondary N) is 1. The number of anilines is 2. The Morgan fingerprint density at radius 2 is 2.40 bits per heavy atom. The van der Waals surface area contributed by atoms with Gasteiger partial charge in [0.25, 0.3) is 0 Å². The zero-order chi connectivity index (χ0) is 14.5. The summed E-state index contributed by atoms with van der Waals surface area (Å²) in [6, 6.07) is 6.95. The van der Waals surface area contributed by atoms with Crippen molar-refractivity contribution < 1.29 is 9.53 Å². The summed E-state index contributed by atoms with van der Waals surface area (Å²) in [6.07, 6.45) is 0. The molecule has 0 spiro atoms. The van der Waals surface area contributed by atoms with Crippen molar-refractivity contribution in [1.29, 1.82) is 5.26 Å². The third-order valence-electron chi connectivity index (χ3n) is 2.33. The zero-order valence-corrected chi connectivity index (χ0v) is 12.1. The Labute approximate surface area is 124 Å². The molecule has 1 N–H and O–H groups in total. The van der Waals surface area contributed by atoms with Gasteiger partial charge in [-0.05, 0) is 25.1 Å². The summed E-state index contributed by atoms with van der Waals surface area (Å²) in [4.78, 5) is 15.6. The molecule has 0 bridgehead atoms. The van der Waals surface area contributed by atoms with Crippen molar-refractivity contribution >= 4 is 39.7 Å². The quantitative estimate of drug-likeness (QED) is 0.874. The number of rotatable bonds is 4. The molecule has 7 heteroatoms. The average molecular weight is 308 g/mol. The van der Waals surface area contributed by atoms with Crippen LogP contribution < -0.4 is 5.32 Å². The van der Waals surface area contributed by atoms with Crippen LogP contribution in [0.15, 0.2) is 23.6 Å². The molecule has 2 rings (SSSR count). The number of ether oxygens (including phenoxy) is 1. The maximum Gasteiger partial charge on any atom is 0.357 e. The molecule has 0 amide bonds. The molecule has 0 radical (unpaired) electrons. The lowest BCUT2D eigenvalue weighted by Crippen LogP contribution is -2.04. The lowest BCUT2D eigenvalue weighted by atomic mass is 10.2. The first-order valence-corrected chi connectivity index (χ1v) is 6.99. The first-order chi connectivity index (χ1) is 9.63. The highest BCUT2D eigenvalue weighted by molar-refractivity contribution is 7.14. The molecule has 0 atom stereocenters. The second-order valence-corrected chi connectivity index (χ2v) is 4.96. The Bertz CT molecular complexity index is 678. The molecular formula is C13H10ClN3O2S. The SMILES string of the molecule is CCOC(=O)c1csc(Nc2ccc(C#N)c(Cl)c2)n1. The van der Waals surface area contributed by atoms with Gasteiger partial charge in [-0.15, -0.1) is 11.3 Å². The van der Waals surface area contributed by atoms with Crippen molar-refractivity contribution in [3.05, 3.63) is 39.9 Å². The highest BCUT2D eigenvalue weighted by Gasteiger charge is 2.11. The van der Waals surface area contributed by atoms with E-state index < -0.39 is 5.97 Å². The molecule has 2 aromatic rings. The normalized spacial score (nSPS) is 9.85. The Hall–Kier alpha value is -2.10. The monoisotopic (exact) mass is 307 g/mol. The van der Waals surface area contributed by atoms with E-state index in [1.807, 2.05) is 6.07 Å². The van der Waals surface area contributed by atoms with Crippen LogP contribution in [0.4, 0.5) is 10.8 Å². The van der Waals surface area contributed by atoms with E-state index in [0.717, 1.165) is 0 Å². The van der Waals surface area contributed by atoms with Gasteiger partial charge < -0.3 is 10.1 Å². The minimum Gasteiger partial charge on any atom is -0.461 e. The van der Waals surface area contributed by atoms with Gasteiger partial charge in [-0.2, -0.15) is 5.26 Å². The third kappa shape index (κ3) is 3.26. The molecule has 5 nitrogen and oxygen atoms in total. The molecule has 0 aliphatic carbocycles. The molecule has 102 valence electrons. The Kier molecular flexibility index (Phi) is 4.56. The van der Waals surface area contributed by atoms with Gasteiger partial charge in [-0.3, -0.25) is 0 Å². The van der Waals surface area contributed by atoms with Gasteiger partial charge in [-0.25, -0.2) is 9.78 Å². The van der Waals surface area contributed by atoms with Crippen molar-refractivity contribution in [3.63, 3.8) is 0 Å². The highest BCUT2D eigenvalue weighted by Crippen LogP contribution is 2.25. The maximum atomic E-state index is 11.5. The smallest absolute Gasteiger partial charge is 0.357 e. The van der Waals surface area contributed by atoms with Crippen LogP contribution in [0.2, 0.25) is 5.02 Å². The fraction of sp³-hybridized carbons (Fsp3) is 0.154. The minimum absolute atomic E-state index is 0.263. The number of hydrogen-bond donors (Lipinski definition) is 1. The number of nitrogens with zero attached hydrogens (tertiary/aromatic N) is 2. The van der Waals surface area contributed by atoms with Gasteiger partial charge in [0.15, 0.2) is 10.8 Å². The first-order valence-electron chi connectivity index (χ1n) is 5.73. The molecule has 1 aromatic heterocycles. The van der Waals surface area contributed by atoms with Crippen LogP contribution in [0.1, 0.15) is 23.0 Å². The van der Waals surface area contributed by atoms with E-state index in [1.165, 1.54) is 11.3 Å². The molecule has 0 fully saturated rings. The van der Waals surface area contributed by atoms with E-state index >= 15 is 0 Å². The number of carbonyl (C=O) groups is 1. The Morgan fingerprint density at radius 1 is 1.60 bits per heavy atom. The summed E-state index contributed by atoms with van der Waals surface area (Å²) in [6.45, 7) is 2.05. The second-order valence-electron chi connectivity index (χ2n) is 3.69. The standard InChI is InChI=1S/C13H10ClN3O2S/c1-2-19-12(18)11-7-20-13(17-11)16-9-4-3-8(6-15)10(14)5-9/h3-5,7H,2H2,1H3,(H,16,17). The predicted molar refractivity (Wildman–Crippen MR) is 77.5 cm³/mol. The second kappa shape index (κ2) is 6.37. The van der Waals surface area contributed by atoms with E-state index in [9.17, 15) is 4.79 Å². The number of carbonyl (C=O) groups excluding carboxylic acids is 1. The largest absolute Gasteiger partial charge is 0.461 e. The summed E-state index contributed by atoms with van der Waals surface area (Å²) in [7, 11) is 0. The number of aromatic nitrogens is 1. The van der Waals surface area contributed by atoms with Gasteiger partial charge in [0.2, 0.25) is 0 Å². The number of halogens is 1. The molecule has 1 heterocycles. The first kappa shape index (κ1) is 14.3. The van der Waals surface area contributed by atoms with E-state index in [-0.39, 0.29) is 5.69 Å². The molecule has 20 heavy (non-hydrogen) atoms. The van der Waals surface area contributed by atoms with Gasteiger partial charge in [-0.1, -0.05) is 11.6 Å². The number of benzene rings is 1. The molecular weight excluding hydrogens is 298 g/mol. The predicted octanol–water partition coefficient (Wildman–Crippen LogP) is 3.59. The number of esters is 1. The van der Waals surface area contributed by atoms with Crippen molar-refractivity contribution in [2.75, 3.05) is 11.9 Å². The van der Waals surface area contributed by atoms with Gasteiger partial charge in [0.1, 0.15) is 6.07 Å². The molecule has 1 aromatic carbocycles. The fourth-order valence-electron chi connectivity index (χ4n) is 1.44. The summed E-state index contributed by atoms with van der Waals surface area (Å²) in [5, 5.41) is 14.3. The molecule has 0 unspecified atom stereocenters. The summed E-state index contributed by atoms with van der Waals surface area (Å²) >= 11 is 7.22. The number of nitriles is 1. The fourth-order valence-corrected chi connectivity index (χ4v) is 2.36. The average Bonchev–Trinajstić information content (AvgIpc) is 2.88. The van der Waals surface area contributed by atoms with Gasteiger partial charge in [0.05, 0.1) is 17.2 Å². The molecule has 0 saturated carbocycles. The van der Waals surface area contributed by atoms with Crippen molar-refractivity contribution in [2.24, 2.45) is 0 Å². The third-order valence-corrected chi connectivity index (χ3v) is 3.40. The Balaban J connectivity index is 2.13. The lowest BCUT2D eigenvalue weighted by Gasteiger charge is -2.03. The van der Waals surface area contributed by atoms with Gasteiger partial charge in [0, 0.05) is 11.1 Å². The number of thiazole rings is 1. The van der Waals surface area contributed by atoms with Crippen LogP contribution in [0.5, 0.6) is 0 Å². The van der Waals surface area contributed by atoms with Crippen LogP contribution in [0.3, 0.4) is 0 Å². The lowest BCUT2D eigenvalue weighted by molar-refractivity contribution is 0.0520. The maximum absolute atomic E-state index is 11.5. The molecule has 0 aliphatic heterocycles. The van der Waals surface area contributed by atoms with Crippen molar-refractivity contribution in [2.45, 2.75) is 6.92 Å². The van der Waals surface area contributed by atoms with E-state index in [1.54, 1.807) is 30.5 Å². The molecule has 0 aliphatic rings. The topological polar surface area (TPSA) is 75.0 Å². The van der Waals surface area contributed by atoms with Crippen LogP contribution in [0.25, 0.3) is 0 Å². The summed E-state index contributed by atoms with van der Waals surface area (Å²) in [5.41, 5.74) is 1.36. The van der Waals surface area contributed by atoms with Gasteiger partial charge >= 0.3 is 5.97 Å². The van der Waals surface area contributed by atoms with E-state index in [2.05, 4.69) is 10.3 Å². The number of hydrogen-bond acceptors (Lipinski definition) is 6. The minimum atomic E-state index is -0.449. The van der Waals surface area contributed by atoms with Crippen LogP contribution in [0, 0.1) is 11.3 Å². The van der Waals surface area contributed by atoms with Crippen LogP contribution >= 0.6 is 22.9 Å². The Morgan fingerprint density at radius 3 is 3.05 bits per heavy atom. The van der Waals surface area contributed by atoms with E-state index in [4.69, 9.17) is 21.6 Å². The molecule has 0 saturated heterocycles.